The van der Waals surface area contributed by atoms with Crippen molar-refractivity contribution in [1.82, 2.24) is 4.98 Å². The van der Waals surface area contributed by atoms with E-state index in [4.69, 9.17) is 4.74 Å². The molecule has 0 saturated heterocycles. The van der Waals surface area contributed by atoms with Crippen molar-refractivity contribution in [1.29, 1.82) is 0 Å². The molecule has 0 fully saturated rings. The van der Waals surface area contributed by atoms with E-state index in [9.17, 15) is 4.79 Å². The number of aromatic nitrogens is 1. The maximum Gasteiger partial charge on any atom is 0.415 e. The largest absolute Gasteiger partial charge is 0.443 e. The molecule has 0 saturated carbocycles. The van der Waals surface area contributed by atoms with Crippen LogP contribution in [0.1, 0.15) is 37.7 Å². The lowest BCUT2D eigenvalue weighted by molar-refractivity contribution is 0.0577. The van der Waals surface area contributed by atoms with Crippen LogP contribution in [0.4, 0.5) is 10.5 Å². The molecule has 0 unspecified atom stereocenters. The molecule has 0 spiro atoms. The lowest BCUT2D eigenvalue weighted by atomic mass is 10.2. The van der Waals surface area contributed by atoms with Gasteiger partial charge in [-0.05, 0) is 64.4 Å². The topological polar surface area (TPSA) is 42.4 Å². The third-order valence-electron chi connectivity index (χ3n) is 3.19. The molecule has 1 aromatic carbocycles. The fourth-order valence-corrected chi connectivity index (χ4v) is 2.22. The van der Waals surface area contributed by atoms with Crippen LogP contribution in [0.25, 0.3) is 0 Å². The molecule has 0 aliphatic heterocycles. The monoisotopic (exact) mass is 312 g/mol. The Morgan fingerprint density at radius 2 is 1.83 bits per heavy atom. The van der Waals surface area contributed by atoms with Gasteiger partial charge in [-0.3, -0.25) is 9.88 Å². The van der Waals surface area contributed by atoms with Crippen molar-refractivity contribution in [3.05, 3.63) is 59.4 Å². The van der Waals surface area contributed by atoms with Gasteiger partial charge in [-0.1, -0.05) is 18.2 Å². The smallest absolute Gasteiger partial charge is 0.415 e. The molecule has 4 heteroatoms. The number of carbonyl (C=O) groups is 1. The number of pyridine rings is 1. The normalized spacial score (nSPS) is 11.2. The molecule has 1 aromatic heterocycles. The molecule has 0 N–H and O–H groups in total. The van der Waals surface area contributed by atoms with Gasteiger partial charge in [0.15, 0.2) is 0 Å². The summed E-state index contributed by atoms with van der Waals surface area (Å²) in [5.41, 5.74) is 3.11. The highest BCUT2D eigenvalue weighted by atomic mass is 16.6. The second-order valence-corrected chi connectivity index (χ2v) is 6.68. The quantitative estimate of drug-likeness (QED) is 0.829. The minimum atomic E-state index is -0.542. The fraction of sp³-hybridized carbons (Fsp3) is 0.368. The maximum atomic E-state index is 12.6. The number of hydrogen-bond donors (Lipinski definition) is 0. The van der Waals surface area contributed by atoms with E-state index in [1.807, 2.05) is 77.1 Å². The van der Waals surface area contributed by atoms with Crippen molar-refractivity contribution >= 4 is 11.8 Å². The Morgan fingerprint density at radius 3 is 2.43 bits per heavy atom. The molecule has 0 aliphatic carbocycles. The van der Waals surface area contributed by atoms with Crippen LogP contribution < -0.4 is 4.90 Å². The van der Waals surface area contributed by atoms with Crippen LogP contribution in [-0.4, -0.2) is 16.7 Å². The molecular formula is C19H24N2O2. The molecule has 1 heterocycles. The second kappa shape index (κ2) is 6.82. The van der Waals surface area contributed by atoms with E-state index >= 15 is 0 Å². The highest BCUT2D eigenvalue weighted by Crippen LogP contribution is 2.21. The third-order valence-corrected chi connectivity index (χ3v) is 3.19. The number of carbonyl (C=O) groups excluding carboxylic acids is 1. The van der Waals surface area contributed by atoms with Crippen LogP contribution >= 0.6 is 0 Å². The van der Waals surface area contributed by atoms with Gasteiger partial charge in [-0.25, -0.2) is 4.79 Å². The molecule has 23 heavy (non-hydrogen) atoms. The van der Waals surface area contributed by atoms with Gasteiger partial charge in [0.25, 0.3) is 0 Å². The minimum Gasteiger partial charge on any atom is -0.443 e. The number of ether oxygens (including phenoxy) is 1. The van der Waals surface area contributed by atoms with Crippen LogP contribution in [0.5, 0.6) is 0 Å². The lowest BCUT2D eigenvalue weighted by Crippen LogP contribution is -2.36. The Kier molecular flexibility index (Phi) is 5.04. The molecule has 0 bridgehead atoms. The molecule has 122 valence electrons. The molecule has 1 amide bonds. The molecule has 0 aliphatic rings. The molecule has 0 atom stereocenters. The third kappa shape index (κ3) is 5.09. The zero-order chi connectivity index (χ0) is 17.0. The SMILES string of the molecule is Cc1cccc(N(Cc2cccc(C)n2)C(=O)OC(C)(C)C)c1. The van der Waals surface area contributed by atoms with Gasteiger partial charge >= 0.3 is 6.09 Å². The lowest BCUT2D eigenvalue weighted by Gasteiger charge is -2.27. The first-order chi connectivity index (χ1) is 10.7. The van der Waals surface area contributed by atoms with Gasteiger partial charge in [0.05, 0.1) is 12.2 Å². The van der Waals surface area contributed by atoms with Crippen LogP contribution in [-0.2, 0) is 11.3 Å². The van der Waals surface area contributed by atoms with Crippen molar-refractivity contribution in [3.8, 4) is 0 Å². The predicted molar refractivity (Wildman–Crippen MR) is 92.6 cm³/mol. The summed E-state index contributed by atoms with van der Waals surface area (Å²) in [5.74, 6) is 0. The Labute approximate surface area is 138 Å². The highest BCUT2D eigenvalue weighted by Gasteiger charge is 2.24. The van der Waals surface area contributed by atoms with Crippen LogP contribution in [0, 0.1) is 13.8 Å². The van der Waals surface area contributed by atoms with Gasteiger partial charge in [-0.2, -0.15) is 0 Å². The van der Waals surface area contributed by atoms with E-state index < -0.39 is 5.60 Å². The first kappa shape index (κ1) is 17.0. The van der Waals surface area contributed by atoms with E-state index in [0.29, 0.717) is 6.54 Å². The van der Waals surface area contributed by atoms with E-state index in [-0.39, 0.29) is 6.09 Å². The van der Waals surface area contributed by atoms with E-state index in [1.54, 1.807) is 4.90 Å². The summed E-state index contributed by atoms with van der Waals surface area (Å²) >= 11 is 0. The van der Waals surface area contributed by atoms with Gasteiger partial charge in [0.1, 0.15) is 5.60 Å². The zero-order valence-corrected chi connectivity index (χ0v) is 14.5. The molecule has 2 aromatic rings. The van der Waals surface area contributed by atoms with Crippen LogP contribution in [0.2, 0.25) is 0 Å². The fourth-order valence-electron chi connectivity index (χ4n) is 2.22. The van der Waals surface area contributed by atoms with E-state index in [1.165, 1.54) is 0 Å². The standard InChI is InChI=1S/C19H24N2O2/c1-14-8-6-11-17(12-14)21(18(22)23-19(3,4)5)13-16-10-7-9-15(2)20-16/h6-12H,13H2,1-5H3. The second-order valence-electron chi connectivity index (χ2n) is 6.68. The highest BCUT2D eigenvalue weighted by molar-refractivity contribution is 5.87. The first-order valence-electron chi connectivity index (χ1n) is 7.74. The van der Waals surface area contributed by atoms with Crippen molar-refractivity contribution < 1.29 is 9.53 Å². The average Bonchev–Trinajstić information content (AvgIpc) is 2.43. The Morgan fingerprint density at radius 1 is 1.13 bits per heavy atom. The van der Waals surface area contributed by atoms with Crippen molar-refractivity contribution in [2.75, 3.05) is 4.90 Å². The summed E-state index contributed by atoms with van der Waals surface area (Å²) in [5, 5.41) is 0. The van der Waals surface area contributed by atoms with Crippen molar-refractivity contribution in [2.24, 2.45) is 0 Å². The number of hydrogen-bond acceptors (Lipinski definition) is 3. The summed E-state index contributed by atoms with van der Waals surface area (Å²) in [7, 11) is 0. The van der Waals surface area contributed by atoms with E-state index in [2.05, 4.69) is 4.98 Å². The van der Waals surface area contributed by atoms with Crippen LogP contribution in [0.3, 0.4) is 0 Å². The number of rotatable bonds is 3. The van der Waals surface area contributed by atoms with Crippen LogP contribution in [0.15, 0.2) is 42.5 Å². The van der Waals surface area contributed by atoms with Gasteiger partial charge in [0.2, 0.25) is 0 Å². The predicted octanol–water partition coefficient (Wildman–Crippen LogP) is 4.64. The Hall–Kier alpha value is -2.36. The zero-order valence-electron chi connectivity index (χ0n) is 14.5. The summed E-state index contributed by atoms with van der Waals surface area (Å²) < 4.78 is 5.56. The summed E-state index contributed by atoms with van der Waals surface area (Å²) in [4.78, 5) is 18.8. The first-order valence-corrected chi connectivity index (χ1v) is 7.74. The number of nitrogens with zero attached hydrogens (tertiary/aromatic N) is 2. The Balaban J connectivity index is 2.33. The van der Waals surface area contributed by atoms with Gasteiger partial charge in [0, 0.05) is 11.4 Å². The van der Waals surface area contributed by atoms with Crippen molar-refractivity contribution in [3.63, 3.8) is 0 Å². The number of anilines is 1. The van der Waals surface area contributed by atoms with Gasteiger partial charge in [-0.15, -0.1) is 0 Å². The maximum absolute atomic E-state index is 12.6. The van der Waals surface area contributed by atoms with E-state index in [0.717, 1.165) is 22.6 Å². The molecule has 2 rings (SSSR count). The Bertz CT molecular complexity index is 690. The van der Waals surface area contributed by atoms with Gasteiger partial charge < -0.3 is 4.74 Å². The molecule has 0 radical (unpaired) electrons. The molecule has 4 nitrogen and oxygen atoms in total. The summed E-state index contributed by atoms with van der Waals surface area (Å²) in [6.45, 7) is 9.91. The number of amides is 1. The average molecular weight is 312 g/mol. The number of aryl methyl sites for hydroxylation is 2. The van der Waals surface area contributed by atoms with Crippen molar-refractivity contribution in [2.45, 2.75) is 46.8 Å². The summed E-state index contributed by atoms with van der Waals surface area (Å²) in [6.07, 6.45) is -0.369. The minimum absolute atomic E-state index is 0.369. The molecular weight excluding hydrogens is 288 g/mol. The number of benzene rings is 1. The summed E-state index contributed by atoms with van der Waals surface area (Å²) in [6, 6.07) is 13.6.